The normalized spacial score (nSPS) is 12.5. The minimum Gasteiger partial charge on any atom is -0.462 e. The van der Waals surface area contributed by atoms with Gasteiger partial charge in [-0.05, 0) is 83.5 Å². The van der Waals surface area contributed by atoms with Crippen LogP contribution in [0, 0.1) is 0 Å². The highest BCUT2D eigenvalue weighted by atomic mass is 16.6. The number of carbonyl (C=O) groups excluding carboxylic acids is 3. The molecule has 0 aromatic heterocycles. The highest BCUT2D eigenvalue weighted by molar-refractivity contribution is 5.71. The Labute approximate surface area is 370 Å². The van der Waals surface area contributed by atoms with Crippen LogP contribution in [0.4, 0.5) is 0 Å². The highest BCUT2D eigenvalue weighted by Crippen LogP contribution is 2.14. The van der Waals surface area contributed by atoms with Crippen molar-refractivity contribution in [3.63, 3.8) is 0 Å². The second-order valence-corrected chi connectivity index (χ2v) is 16.7. The molecule has 6 heteroatoms. The molecule has 0 amide bonds. The fraction of sp³-hybridized carbons (Fsp3) is 0.759. The Morgan fingerprint density at radius 2 is 0.650 bits per heavy atom. The summed E-state index contributed by atoms with van der Waals surface area (Å²) in [7, 11) is 0. The fourth-order valence-corrected chi connectivity index (χ4v) is 6.96. The predicted octanol–water partition coefficient (Wildman–Crippen LogP) is 16.5. The van der Waals surface area contributed by atoms with E-state index in [2.05, 4.69) is 81.5 Å². The SMILES string of the molecule is CC/C=C\C/C=C\C/C=C\C/C=C\CCCCC(=O)OC(COC(=O)CCCCCCCC)COC(=O)CCCCCCCCCCC/C=C\CCCCCCCCCC. The largest absolute Gasteiger partial charge is 0.462 e. The molecule has 0 saturated heterocycles. The van der Waals surface area contributed by atoms with Gasteiger partial charge < -0.3 is 14.2 Å². The van der Waals surface area contributed by atoms with Gasteiger partial charge in [0.05, 0.1) is 0 Å². The van der Waals surface area contributed by atoms with E-state index in [0.717, 1.165) is 77.0 Å². The summed E-state index contributed by atoms with van der Waals surface area (Å²) in [5.74, 6) is -0.943. The van der Waals surface area contributed by atoms with Crippen molar-refractivity contribution in [1.29, 1.82) is 0 Å². The van der Waals surface area contributed by atoms with E-state index < -0.39 is 6.10 Å². The Kier molecular flexibility index (Phi) is 46.4. The average molecular weight is 839 g/mol. The number of hydrogen-bond donors (Lipinski definition) is 0. The molecule has 1 unspecified atom stereocenters. The van der Waals surface area contributed by atoms with Crippen molar-refractivity contribution in [3.05, 3.63) is 60.8 Å². The summed E-state index contributed by atoms with van der Waals surface area (Å²) in [4.78, 5) is 37.7. The van der Waals surface area contributed by atoms with E-state index in [4.69, 9.17) is 14.2 Å². The van der Waals surface area contributed by atoms with Crippen molar-refractivity contribution >= 4 is 17.9 Å². The average Bonchev–Trinajstić information content (AvgIpc) is 3.24. The quantitative estimate of drug-likeness (QED) is 0.0263. The van der Waals surface area contributed by atoms with Gasteiger partial charge in [0.25, 0.3) is 0 Å². The van der Waals surface area contributed by atoms with Crippen LogP contribution in [0.25, 0.3) is 0 Å². The Balaban J connectivity index is 4.23. The van der Waals surface area contributed by atoms with Crippen molar-refractivity contribution in [1.82, 2.24) is 0 Å². The third kappa shape index (κ3) is 46.2. The van der Waals surface area contributed by atoms with Crippen LogP contribution in [-0.4, -0.2) is 37.2 Å². The summed E-state index contributed by atoms with van der Waals surface area (Å²) < 4.78 is 16.6. The monoisotopic (exact) mass is 839 g/mol. The molecule has 60 heavy (non-hydrogen) atoms. The zero-order valence-corrected chi connectivity index (χ0v) is 39.5. The maximum absolute atomic E-state index is 12.7. The highest BCUT2D eigenvalue weighted by Gasteiger charge is 2.19. The molecule has 0 aromatic carbocycles. The molecule has 0 saturated carbocycles. The van der Waals surface area contributed by atoms with Gasteiger partial charge in [0.1, 0.15) is 13.2 Å². The smallest absolute Gasteiger partial charge is 0.306 e. The van der Waals surface area contributed by atoms with E-state index in [9.17, 15) is 14.4 Å². The lowest BCUT2D eigenvalue weighted by molar-refractivity contribution is -0.167. The zero-order chi connectivity index (χ0) is 43.7. The number of carbonyl (C=O) groups is 3. The molecule has 0 aliphatic rings. The van der Waals surface area contributed by atoms with Crippen molar-refractivity contribution in [3.8, 4) is 0 Å². The summed E-state index contributed by atoms with van der Waals surface area (Å²) in [6, 6.07) is 0. The fourth-order valence-electron chi connectivity index (χ4n) is 6.96. The molecular weight excluding hydrogens is 745 g/mol. The van der Waals surface area contributed by atoms with Gasteiger partial charge in [0, 0.05) is 19.3 Å². The summed E-state index contributed by atoms with van der Waals surface area (Å²) >= 11 is 0. The van der Waals surface area contributed by atoms with Crippen molar-refractivity contribution < 1.29 is 28.6 Å². The van der Waals surface area contributed by atoms with Crippen LogP contribution < -0.4 is 0 Å². The Bertz CT molecular complexity index is 1100. The van der Waals surface area contributed by atoms with Crippen LogP contribution in [0.15, 0.2) is 60.8 Å². The van der Waals surface area contributed by atoms with Crippen molar-refractivity contribution in [2.45, 2.75) is 252 Å². The first-order valence-corrected chi connectivity index (χ1v) is 25.3. The van der Waals surface area contributed by atoms with Gasteiger partial charge >= 0.3 is 17.9 Å². The second kappa shape index (κ2) is 48.8. The van der Waals surface area contributed by atoms with Crippen LogP contribution in [-0.2, 0) is 28.6 Å². The predicted molar refractivity (Wildman–Crippen MR) is 256 cm³/mol. The molecule has 346 valence electrons. The molecule has 6 nitrogen and oxygen atoms in total. The number of hydrogen-bond acceptors (Lipinski definition) is 6. The molecule has 0 aromatic rings. The molecular formula is C54H94O6. The molecule has 0 N–H and O–H groups in total. The first-order chi connectivity index (χ1) is 29.5. The van der Waals surface area contributed by atoms with Gasteiger partial charge in [-0.3, -0.25) is 14.4 Å². The van der Waals surface area contributed by atoms with Crippen LogP contribution >= 0.6 is 0 Å². The lowest BCUT2D eigenvalue weighted by Gasteiger charge is -2.18. The number of unbranched alkanes of at least 4 members (excludes halogenated alkanes) is 24. The Hall–Kier alpha value is -2.89. The molecule has 0 bridgehead atoms. The van der Waals surface area contributed by atoms with E-state index in [1.54, 1.807) is 0 Å². The van der Waals surface area contributed by atoms with Gasteiger partial charge in [-0.15, -0.1) is 0 Å². The van der Waals surface area contributed by atoms with E-state index in [-0.39, 0.29) is 37.5 Å². The Morgan fingerprint density at radius 3 is 1.07 bits per heavy atom. The summed E-state index contributed by atoms with van der Waals surface area (Å²) in [6.07, 6.45) is 59.5. The molecule has 0 spiro atoms. The Morgan fingerprint density at radius 1 is 0.350 bits per heavy atom. The van der Waals surface area contributed by atoms with Crippen LogP contribution in [0.3, 0.4) is 0 Å². The molecule has 0 aliphatic heterocycles. The van der Waals surface area contributed by atoms with Gasteiger partial charge in [0.2, 0.25) is 0 Å². The number of allylic oxidation sites excluding steroid dienone is 10. The molecule has 1 atom stereocenters. The molecule has 0 radical (unpaired) electrons. The second-order valence-electron chi connectivity index (χ2n) is 16.7. The maximum atomic E-state index is 12.7. The first kappa shape index (κ1) is 57.1. The van der Waals surface area contributed by atoms with Gasteiger partial charge in [-0.25, -0.2) is 0 Å². The van der Waals surface area contributed by atoms with E-state index in [0.29, 0.717) is 19.3 Å². The van der Waals surface area contributed by atoms with Crippen molar-refractivity contribution in [2.75, 3.05) is 13.2 Å². The number of esters is 3. The number of rotatable bonds is 45. The molecule has 0 rings (SSSR count). The lowest BCUT2D eigenvalue weighted by Crippen LogP contribution is -2.30. The van der Waals surface area contributed by atoms with Gasteiger partial charge in [-0.2, -0.15) is 0 Å². The molecule has 0 fully saturated rings. The summed E-state index contributed by atoms with van der Waals surface area (Å²) in [6.45, 7) is 6.43. The van der Waals surface area contributed by atoms with Crippen molar-refractivity contribution in [2.24, 2.45) is 0 Å². The zero-order valence-electron chi connectivity index (χ0n) is 39.5. The number of ether oxygens (including phenoxy) is 3. The third-order valence-corrected chi connectivity index (χ3v) is 10.8. The minimum atomic E-state index is -0.792. The maximum Gasteiger partial charge on any atom is 0.306 e. The summed E-state index contributed by atoms with van der Waals surface area (Å²) in [5, 5.41) is 0. The third-order valence-electron chi connectivity index (χ3n) is 10.8. The van der Waals surface area contributed by atoms with Gasteiger partial charge in [0.15, 0.2) is 6.10 Å². The van der Waals surface area contributed by atoms with Crippen LogP contribution in [0.2, 0.25) is 0 Å². The van der Waals surface area contributed by atoms with E-state index >= 15 is 0 Å². The minimum absolute atomic E-state index is 0.0914. The molecule has 0 heterocycles. The standard InChI is InChI=1S/C54H94O6/c1-4-7-10-13-16-18-20-22-24-25-26-27-28-29-31-32-34-36-38-41-44-47-53(56)59-50-51(49-58-52(55)46-43-40-15-12-9-6-3)60-54(57)48-45-42-39-37-35-33-30-23-21-19-17-14-11-8-5-2/h8,11,17,19,23,25-26,30,35,37,51H,4-7,9-10,12-16,18,20-22,24,27-29,31-34,36,38-50H2,1-3H3/b11-8-,19-17-,26-25-,30-23-,37-35-. The van der Waals surface area contributed by atoms with Crippen LogP contribution in [0.1, 0.15) is 245 Å². The first-order valence-electron chi connectivity index (χ1n) is 25.3. The molecule has 0 aliphatic carbocycles. The van der Waals surface area contributed by atoms with E-state index in [1.165, 1.54) is 122 Å². The topological polar surface area (TPSA) is 78.9 Å². The lowest BCUT2D eigenvalue weighted by atomic mass is 10.1. The van der Waals surface area contributed by atoms with Gasteiger partial charge in [-0.1, -0.05) is 204 Å². The summed E-state index contributed by atoms with van der Waals surface area (Å²) in [5.41, 5.74) is 0. The van der Waals surface area contributed by atoms with Crippen LogP contribution in [0.5, 0.6) is 0 Å². The van der Waals surface area contributed by atoms with E-state index in [1.807, 2.05) is 0 Å².